The Morgan fingerprint density at radius 3 is 2.42 bits per heavy atom. The zero-order valence-corrected chi connectivity index (χ0v) is 18.1. The first kappa shape index (κ1) is 20.5. The van der Waals surface area contributed by atoms with Crippen LogP contribution in [0.3, 0.4) is 0 Å². The largest absolute Gasteiger partial charge is 0.468 e. The fourth-order valence-corrected chi connectivity index (χ4v) is 3.19. The number of hydrogen-bond acceptors (Lipinski definition) is 3. The van der Waals surface area contributed by atoms with Crippen molar-refractivity contribution in [2.45, 2.75) is 40.5 Å². The molecule has 0 spiro atoms. The second-order valence-electron chi connectivity index (χ2n) is 6.53. The molecule has 0 unspecified atom stereocenters. The second kappa shape index (κ2) is 9.21. The van der Waals surface area contributed by atoms with Crippen LogP contribution < -0.4 is 10.2 Å². The van der Waals surface area contributed by atoms with E-state index in [-0.39, 0.29) is 5.43 Å². The van der Waals surface area contributed by atoms with Crippen molar-refractivity contribution in [3.8, 4) is 5.95 Å². The lowest BCUT2D eigenvalue weighted by atomic mass is 10.0. The fourth-order valence-electron chi connectivity index (χ4n) is 2.83. The van der Waals surface area contributed by atoms with Gasteiger partial charge in [-0.05, 0) is 74.4 Å². The summed E-state index contributed by atoms with van der Waals surface area (Å²) in [7, 11) is 1.52. The number of aryl methyl sites for hydroxylation is 1. The molecule has 0 aliphatic rings. The predicted molar refractivity (Wildman–Crippen MR) is 116 cm³/mol. The SMILES string of the molecule is COc1oc(CC/C(C)=C/C(C)=C/c2ccc(I)cc2)c(C)c(=O)c1C. The lowest BCUT2D eigenvalue weighted by Crippen LogP contribution is -2.13. The van der Waals surface area contributed by atoms with Gasteiger partial charge in [0.1, 0.15) is 5.76 Å². The molecule has 3 nitrogen and oxygen atoms in total. The molecule has 0 fully saturated rings. The summed E-state index contributed by atoms with van der Waals surface area (Å²) in [5.74, 6) is 1.01. The molecule has 0 saturated carbocycles. The monoisotopic (exact) mass is 464 g/mol. The minimum Gasteiger partial charge on any atom is -0.468 e. The third-order valence-corrected chi connectivity index (χ3v) is 5.01. The van der Waals surface area contributed by atoms with Crippen molar-refractivity contribution in [2.75, 3.05) is 7.11 Å². The summed E-state index contributed by atoms with van der Waals surface area (Å²) in [5.41, 5.74) is 4.82. The molecule has 1 heterocycles. The lowest BCUT2D eigenvalue weighted by molar-refractivity contribution is 0.279. The van der Waals surface area contributed by atoms with Crippen molar-refractivity contribution in [3.05, 3.63) is 77.7 Å². The van der Waals surface area contributed by atoms with E-state index in [2.05, 4.69) is 72.9 Å². The summed E-state index contributed by atoms with van der Waals surface area (Å²) in [5, 5.41) is 0. The quantitative estimate of drug-likeness (QED) is 0.398. The van der Waals surface area contributed by atoms with Crippen LogP contribution in [0.5, 0.6) is 5.95 Å². The van der Waals surface area contributed by atoms with Gasteiger partial charge in [0.25, 0.3) is 5.95 Å². The summed E-state index contributed by atoms with van der Waals surface area (Å²) < 4.78 is 12.2. The van der Waals surface area contributed by atoms with E-state index in [1.54, 1.807) is 6.92 Å². The Hall–Kier alpha value is -1.82. The molecular formula is C22H25IO3. The van der Waals surface area contributed by atoms with E-state index in [4.69, 9.17) is 9.15 Å². The van der Waals surface area contributed by atoms with Crippen LogP contribution in [-0.2, 0) is 6.42 Å². The number of hydrogen-bond donors (Lipinski definition) is 0. The Balaban J connectivity index is 2.11. The highest BCUT2D eigenvalue weighted by molar-refractivity contribution is 14.1. The van der Waals surface area contributed by atoms with Crippen LogP contribution in [0.1, 0.15) is 42.7 Å². The smallest absolute Gasteiger partial charge is 0.291 e. The van der Waals surface area contributed by atoms with Gasteiger partial charge in [-0.2, -0.15) is 0 Å². The standard InChI is InChI=1S/C22H25IO3/c1-14(12-15(2)13-18-7-9-19(23)10-8-18)6-11-20-16(3)21(24)17(4)22(25-5)26-20/h7-10,12-13H,6,11H2,1-5H3/b14-12+,15-13+. The maximum Gasteiger partial charge on any atom is 0.291 e. The topological polar surface area (TPSA) is 39.4 Å². The van der Waals surface area contributed by atoms with E-state index >= 15 is 0 Å². The van der Waals surface area contributed by atoms with Gasteiger partial charge in [0.2, 0.25) is 0 Å². The van der Waals surface area contributed by atoms with Gasteiger partial charge >= 0.3 is 0 Å². The molecule has 1 aromatic carbocycles. The Morgan fingerprint density at radius 1 is 1.15 bits per heavy atom. The summed E-state index contributed by atoms with van der Waals surface area (Å²) >= 11 is 2.31. The minimum atomic E-state index is -0.000445. The Labute approximate surface area is 168 Å². The maximum atomic E-state index is 12.3. The van der Waals surface area contributed by atoms with E-state index in [0.29, 0.717) is 29.3 Å². The first-order valence-corrected chi connectivity index (χ1v) is 9.68. The van der Waals surface area contributed by atoms with Gasteiger partial charge in [0.05, 0.1) is 12.7 Å². The lowest BCUT2D eigenvalue weighted by Gasteiger charge is -2.09. The number of benzene rings is 1. The van der Waals surface area contributed by atoms with E-state index in [0.717, 1.165) is 6.42 Å². The van der Waals surface area contributed by atoms with Crippen LogP contribution in [0.15, 0.2) is 50.7 Å². The predicted octanol–water partition coefficient (Wildman–Crippen LogP) is 5.85. The van der Waals surface area contributed by atoms with Gasteiger partial charge in [0, 0.05) is 15.6 Å². The molecule has 1 aromatic heterocycles. The normalized spacial score (nSPS) is 12.4. The zero-order chi connectivity index (χ0) is 19.3. The molecule has 2 aromatic rings. The molecule has 0 bridgehead atoms. The summed E-state index contributed by atoms with van der Waals surface area (Å²) in [4.78, 5) is 12.3. The van der Waals surface area contributed by atoms with Crippen LogP contribution in [-0.4, -0.2) is 7.11 Å². The van der Waals surface area contributed by atoms with E-state index in [9.17, 15) is 4.79 Å². The van der Waals surface area contributed by atoms with Gasteiger partial charge in [-0.1, -0.05) is 35.4 Å². The van der Waals surface area contributed by atoms with Gasteiger partial charge in [-0.15, -0.1) is 0 Å². The molecule has 0 saturated heterocycles. The fraction of sp³-hybridized carbons (Fsp3) is 0.318. The van der Waals surface area contributed by atoms with Crippen LogP contribution in [0, 0.1) is 17.4 Å². The van der Waals surface area contributed by atoms with Gasteiger partial charge < -0.3 is 9.15 Å². The van der Waals surface area contributed by atoms with Crippen molar-refractivity contribution in [1.82, 2.24) is 0 Å². The summed E-state index contributed by atoms with van der Waals surface area (Å²) in [6, 6.07) is 8.44. The third-order valence-electron chi connectivity index (χ3n) is 4.29. The van der Waals surface area contributed by atoms with Crippen LogP contribution in [0.25, 0.3) is 6.08 Å². The highest BCUT2D eigenvalue weighted by Crippen LogP contribution is 2.21. The third kappa shape index (κ3) is 5.34. The molecule has 138 valence electrons. The van der Waals surface area contributed by atoms with E-state index in [1.165, 1.54) is 27.4 Å². The number of halogens is 1. The van der Waals surface area contributed by atoms with Crippen LogP contribution in [0.2, 0.25) is 0 Å². The first-order valence-electron chi connectivity index (χ1n) is 8.60. The van der Waals surface area contributed by atoms with Crippen molar-refractivity contribution in [1.29, 1.82) is 0 Å². The zero-order valence-electron chi connectivity index (χ0n) is 16.0. The molecule has 0 N–H and O–H groups in total. The van der Waals surface area contributed by atoms with Gasteiger partial charge in [0.15, 0.2) is 5.43 Å². The molecule has 0 aliphatic heterocycles. The first-order chi connectivity index (χ1) is 12.3. The molecule has 0 atom stereocenters. The van der Waals surface area contributed by atoms with E-state index < -0.39 is 0 Å². The molecule has 2 rings (SSSR count). The Bertz CT molecular complexity index is 887. The number of ether oxygens (including phenoxy) is 1. The van der Waals surface area contributed by atoms with E-state index in [1.807, 2.05) is 6.92 Å². The average Bonchev–Trinajstić information content (AvgIpc) is 2.61. The second-order valence-corrected chi connectivity index (χ2v) is 7.77. The molecule has 4 heteroatoms. The van der Waals surface area contributed by atoms with Gasteiger partial charge in [-0.25, -0.2) is 0 Å². The van der Waals surface area contributed by atoms with Crippen molar-refractivity contribution < 1.29 is 9.15 Å². The van der Waals surface area contributed by atoms with Crippen LogP contribution in [0.4, 0.5) is 0 Å². The molecule has 0 radical (unpaired) electrons. The number of methoxy groups -OCH3 is 1. The summed E-state index contributed by atoms with van der Waals surface area (Å²) in [6.07, 6.45) is 5.85. The molecule has 0 aliphatic carbocycles. The minimum absolute atomic E-state index is 0.000445. The highest BCUT2D eigenvalue weighted by Gasteiger charge is 2.13. The molecule has 0 amide bonds. The van der Waals surface area contributed by atoms with Crippen molar-refractivity contribution >= 4 is 28.7 Å². The Morgan fingerprint density at radius 2 is 1.81 bits per heavy atom. The molecule has 26 heavy (non-hydrogen) atoms. The molecular weight excluding hydrogens is 439 g/mol. The van der Waals surface area contributed by atoms with Gasteiger partial charge in [-0.3, -0.25) is 4.79 Å². The van der Waals surface area contributed by atoms with Crippen molar-refractivity contribution in [3.63, 3.8) is 0 Å². The average molecular weight is 464 g/mol. The number of rotatable bonds is 6. The maximum absolute atomic E-state index is 12.3. The Kier molecular flexibility index (Phi) is 7.26. The van der Waals surface area contributed by atoms with Crippen LogP contribution >= 0.6 is 22.6 Å². The van der Waals surface area contributed by atoms with Crippen molar-refractivity contribution in [2.24, 2.45) is 0 Å². The highest BCUT2D eigenvalue weighted by atomic mass is 127. The summed E-state index contributed by atoms with van der Waals surface area (Å²) in [6.45, 7) is 7.74. The number of allylic oxidation sites excluding steroid dienone is 3.